The monoisotopic (exact) mass is 247 g/mol. The summed E-state index contributed by atoms with van der Waals surface area (Å²) >= 11 is 0. The van der Waals surface area contributed by atoms with Crippen LogP contribution >= 0.6 is 0 Å². The Hall–Kier alpha value is -1.61. The summed E-state index contributed by atoms with van der Waals surface area (Å²) in [6.45, 7) is 4.93. The molecule has 3 heteroatoms. The summed E-state index contributed by atoms with van der Waals surface area (Å²) in [5, 5.41) is 3.34. The van der Waals surface area contributed by atoms with Crippen LogP contribution in [-0.2, 0) is 6.54 Å². The Labute approximate surface area is 107 Å². The maximum absolute atomic E-state index is 13.6. The third kappa shape index (κ3) is 2.99. The molecular weight excluding hydrogens is 229 g/mol. The molecule has 1 heterocycles. The molecule has 18 heavy (non-hydrogen) atoms. The van der Waals surface area contributed by atoms with Crippen molar-refractivity contribution in [3.63, 3.8) is 0 Å². The Bertz CT molecular complexity index is 507. The topological polar surface area (TPSA) is 25.2 Å². The van der Waals surface area contributed by atoms with E-state index in [0.717, 1.165) is 12.2 Å². The number of nitrogens with one attached hydrogen (secondary N) is 1. The molecule has 0 bridgehead atoms. The highest BCUT2D eigenvalue weighted by Gasteiger charge is 2.09. The van der Waals surface area contributed by atoms with Crippen LogP contribution in [0.5, 0.6) is 0 Å². The second-order valence-corrected chi connectivity index (χ2v) is 4.44. The van der Waals surface area contributed by atoms with Crippen LogP contribution in [0.4, 0.5) is 4.39 Å². The van der Waals surface area contributed by atoms with Crippen LogP contribution in [0.2, 0.25) is 0 Å². The van der Waals surface area contributed by atoms with Gasteiger partial charge in [-0.3, -0.25) is 0 Å². The van der Waals surface area contributed by atoms with E-state index in [1.54, 1.807) is 18.2 Å². The first-order valence-corrected chi connectivity index (χ1v) is 6.27. The third-order valence-corrected chi connectivity index (χ3v) is 3.04. The quantitative estimate of drug-likeness (QED) is 0.864. The molecule has 1 atom stereocenters. The number of furan rings is 1. The number of halogens is 1. The van der Waals surface area contributed by atoms with Crippen molar-refractivity contribution in [3.05, 3.63) is 48.0 Å². The Balaban J connectivity index is 2.09. The molecule has 0 unspecified atom stereocenters. The standard InChI is InChI=1S/C15H18FNO/c1-3-11(2)17-10-12-8-9-15(18-12)13-6-4-5-7-14(13)16/h4-9,11,17H,3,10H2,1-2H3/t11-/m1/s1. The van der Waals surface area contributed by atoms with Gasteiger partial charge >= 0.3 is 0 Å². The lowest BCUT2D eigenvalue weighted by Gasteiger charge is -2.09. The maximum atomic E-state index is 13.6. The zero-order valence-electron chi connectivity index (χ0n) is 10.7. The molecule has 2 aromatic rings. The van der Waals surface area contributed by atoms with Crippen molar-refractivity contribution in [2.75, 3.05) is 0 Å². The lowest BCUT2D eigenvalue weighted by Crippen LogP contribution is -2.24. The molecule has 0 amide bonds. The van der Waals surface area contributed by atoms with Gasteiger partial charge in [0.15, 0.2) is 0 Å². The average molecular weight is 247 g/mol. The summed E-state index contributed by atoms with van der Waals surface area (Å²) in [5.74, 6) is 1.15. The molecule has 1 N–H and O–H groups in total. The number of hydrogen-bond donors (Lipinski definition) is 1. The smallest absolute Gasteiger partial charge is 0.137 e. The molecule has 0 fully saturated rings. The predicted molar refractivity (Wildman–Crippen MR) is 70.7 cm³/mol. The van der Waals surface area contributed by atoms with E-state index in [1.165, 1.54) is 6.07 Å². The van der Waals surface area contributed by atoms with Crippen molar-refractivity contribution in [1.82, 2.24) is 5.32 Å². The second-order valence-electron chi connectivity index (χ2n) is 4.44. The largest absolute Gasteiger partial charge is 0.460 e. The molecule has 1 aromatic carbocycles. The number of rotatable bonds is 5. The van der Waals surface area contributed by atoms with Gasteiger partial charge in [-0.25, -0.2) is 4.39 Å². The minimum absolute atomic E-state index is 0.256. The van der Waals surface area contributed by atoms with Gasteiger partial charge in [0.05, 0.1) is 12.1 Å². The molecule has 2 nitrogen and oxygen atoms in total. The first-order valence-electron chi connectivity index (χ1n) is 6.27. The first kappa shape index (κ1) is 12.8. The van der Waals surface area contributed by atoms with E-state index < -0.39 is 0 Å². The zero-order chi connectivity index (χ0) is 13.0. The molecule has 0 aliphatic rings. The fraction of sp³-hybridized carbons (Fsp3) is 0.333. The van der Waals surface area contributed by atoms with Crippen LogP contribution in [0.25, 0.3) is 11.3 Å². The lowest BCUT2D eigenvalue weighted by atomic mass is 10.1. The SMILES string of the molecule is CC[C@@H](C)NCc1ccc(-c2ccccc2F)o1. The summed E-state index contributed by atoms with van der Waals surface area (Å²) < 4.78 is 19.2. The number of benzene rings is 1. The minimum atomic E-state index is -0.256. The van der Waals surface area contributed by atoms with E-state index in [9.17, 15) is 4.39 Å². The normalized spacial score (nSPS) is 12.6. The maximum Gasteiger partial charge on any atom is 0.137 e. The van der Waals surface area contributed by atoms with E-state index in [-0.39, 0.29) is 5.82 Å². The highest BCUT2D eigenvalue weighted by molar-refractivity contribution is 5.58. The molecule has 0 saturated carbocycles. The second kappa shape index (κ2) is 5.83. The molecule has 0 aliphatic carbocycles. The van der Waals surface area contributed by atoms with Gasteiger partial charge in [-0.1, -0.05) is 19.1 Å². The van der Waals surface area contributed by atoms with E-state index in [2.05, 4.69) is 19.2 Å². The van der Waals surface area contributed by atoms with Crippen molar-refractivity contribution >= 4 is 0 Å². The Morgan fingerprint density at radius 1 is 1.22 bits per heavy atom. The van der Waals surface area contributed by atoms with Crippen LogP contribution in [0, 0.1) is 5.82 Å². The van der Waals surface area contributed by atoms with Crippen LogP contribution in [0.15, 0.2) is 40.8 Å². The molecule has 0 radical (unpaired) electrons. The van der Waals surface area contributed by atoms with E-state index in [1.807, 2.05) is 12.1 Å². The van der Waals surface area contributed by atoms with Gasteiger partial charge in [0.1, 0.15) is 17.3 Å². The van der Waals surface area contributed by atoms with Gasteiger partial charge in [-0.15, -0.1) is 0 Å². The van der Waals surface area contributed by atoms with Gasteiger partial charge in [-0.2, -0.15) is 0 Å². The van der Waals surface area contributed by atoms with Crippen molar-refractivity contribution in [2.24, 2.45) is 0 Å². The van der Waals surface area contributed by atoms with Gasteiger partial charge < -0.3 is 9.73 Å². The zero-order valence-corrected chi connectivity index (χ0v) is 10.7. The van der Waals surface area contributed by atoms with E-state index in [0.29, 0.717) is 23.9 Å². The van der Waals surface area contributed by atoms with Gasteiger partial charge in [0.25, 0.3) is 0 Å². The highest BCUT2D eigenvalue weighted by Crippen LogP contribution is 2.24. The van der Waals surface area contributed by atoms with Crippen LogP contribution < -0.4 is 5.32 Å². The Morgan fingerprint density at radius 2 is 2.00 bits per heavy atom. The molecule has 96 valence electrons. The molecule has 0 saturated heterocycles. The molecule has 2 rings (SSSR count). The molecule has 0 spiro atoms. The van der Waals surface area contributed by atoms with Crippen molar-refractivity contribution in [2.45, 2.75) is 32.9 Å². The summed E-state index contributed by atoms with van der Waals surface area (Å²) in [7, 11) is 0. The van der Waals surface area contributed by atoms with Gasteiger partial charge in [0.2, 0.25) is 0 Å². The third-order valence-electron chi connectivity index (χ3n) is 3.04. The summed E-state index contributed by atoms with van der Waals surface area (Å²) in [6, 6.07) is 10.8. The Kier molecular flexibility index (Phi) is 4.15. The van der Waals surface area contributed by atoms with E-state index >= 15 is 0 Å². The molecular formula is C15H18FNO. The van der Waals surface area contributed by atoms with Crippen molar-refractivity contribution in [1.29, 1.82) is 0 Å². The fourth-order valence-electron chi connectivity index (χ4n) is 1.70. The summed E-state index contributed by atoms with van der Waals surface area (Å²) in [6.07, 6.45) is 1.07. The van der Waals surface area contributed by atoms with Crippen LogP contribution in [-0.4, -0.2) is 6.04 Å². The Morgan fingerprint density at radius 3 is 2.72 bits per heavy atom. The van der Waals surface area contributed by atoms with Gasteiger partial charge in [-0.05, 0) is 37.6 Å². The minimum Gasteiger partial charge on any atom is -0.460 e. The molecule has 1 aromatic heterocycles. The molecule has 0 aliphatic heterocycles. The lowest BCUT2D eigenvalue weighted by molar-refractivity contribution is 0.455. The number of hydrogen-bond acceptors (Lipinski definition) is 2. The van der Waals surface area contributed by atoms with E-state index in [4.69, 9.17) is 4.42 Å². The summed E-state index contributed by atoms with van der Waals surface area (Å²) in [4.78, 5) is 0. The van der Waals surface area contributed by atoms with Gasteiger partial charge in [0, 0.05) is 6.04 Å². The van der Waals surface area contributed by atoms with Crippen molar-refractivity contribution in [3.8, 4) is 11.3 Å². The van der Waals surface area contributed by atoms with Crippen LogP contribution in [0.3, 0.4) is 0 Å². The first-order chi connectivity index (χ1) is 8.70. The van der Waals surface area contributed by atoms with Crippen molar-refractivity contribution < 1.29 is 8.81 Å². The predicted octanol–water partition coefficient (Wildman–Crippen LogP) is 3.97. The summed E-state index contributed by atoms with van der Waals surface area (Å²) in [5.41, 5.74) is 0.507. The fourth-order valence-corrected chi connectivity index (χ4v) is 1.70. The van der Waals surface area contributed by atoms with Crippen LogP contribution in [0.1, 0.15) is 26.0 Å². The highest BCUT2D eigenvalue weighted by atomic mass is 19.1. The average Bonchev–Trinajstić information content (AvgIpc) is 2.85.